The molecule has 122 valence electrons. The van der Waals surface area contributed by atoms with E-state index in [0.717, 1.165) is 6.08 Å². The topological polar surface area (TPSA) is 77.2 Å². The molecule has 22 heavy (non-hydrogen) atoms. The van der Waals surface area contributed by atoms with Crippen LogP contribution < -0.4 is 0 Å². The minimum atomic E-state index is -0.827. The van der Waals surface area contributed by atoms with Crippen LogP contribution in [0.4, 0.5) is 0 Å². The number of rotatable bonds is 9. The number of carbonyl (C=O) groups is 2. The van der Waals surface area contributed by atoms with Crippen LogP contribution in [0.15, 0.2) is 23.3 Å². The Morgan fingerprint density at radius 1 is 1.32 bits per heavy atom. The molecule has 0 unspecified atom stereocenters. The third-order valence-electron chi connectivity index (χ3n) is 2.17. The number of thioether (sulfide) groups is 2. The molecule has 0 aliphatic rings. The van der Waals surface area contributed by atoms with Crippen LogP contribution in [0, 0.1) is 6.57 Å². The monoisotopic (exact) mass is 345 g/mol. The van der Waals surface area contributed by atoms with Crippen molar-refractivity contribution in [2.24, 2.45) is 0 Å². The first-order valence-electron chi connectivity index (χ1n) is 6.37. The summed E-state index contributed by atoms with van der Waals surface area (Å²) in [5.41, 5.74) is -0.359. The SMILES string of the molecule is [C-]#[N+]/C(=C\C(OC(=O)CCSC)=C(\O)CSC)C(=O)OCC. The Morgan fingerprint density at radius 3 is 2.50 bits per heavy atom. The summed E-state index contributed by atoms with van der Waals surface area (Å²) in [7, 11) is 0. The van der Waals surface area contributed by atoms with Gasteiger partial charge in [-0.3, -0.25) is 9.59 Å². The quantitative estimate of drug-likeness (QED) is 0.226. The second-order valence-electron chi connectivity index (χ2n) is 3.82. The average molecular weight is 345 g/mol. The van der Waals surface area contributed by atoms with E-state index in [1.54, 1.807) is 13.2 Å². The van der Waals surface area contributed by atoms with Gasteiger partial charge in [0, 0.05) is 5.75 Å². The van der Waals surface area contributed by atoms with Gasteiger partial charge in [-0.25, -0.2) is 4.85 Å². The highest BCUT2D eigenvalue weighted by Crippen LogP contribution is 2.15. The van der Waals surface area contributed by atoms with Crippen LogP contribution in [-0.4, -0.2) is 47.7 Å². The number of allylic oxidation sites excluding steroid dienone is 1. The van der Waals surface area contributed by atoms with Crippen molar-refractivity contribution < 1.29 is 24.2 Å². The maximum atomic E-state index is 11.7. The molecule has 0 saturated heterocycles. The first-order chi connectivity index (χ1) is 10.5. The van der Waals surface area contributed by atoms with E-state index in [4.69, 9.17) is 16.0 Å². The fourth-order valence-electron chi connectivity index (χ4n) is 1.20. The highest BCUT2D eigenvalue weighted by molar-refractivity contribution is 7.98. The van der Waals surface area contributed by atoms with E-state index >= 15 is 0 Å². The Morgan fingerprint density at radius 2 is 2.00 bits per heavy atom. The number of hydrogen-bond acceptors (Lipinski definition) is 7. The van der Waals surface area contributed by atoms with Crippen molar-refractivity contribution >= 4 is 35.5 Å². The minimum Gasteiger partial charge on any atom is -0.508 e. The fourth-order valence-corrected chi connectivity index (χ4v) is 1.99. The number of carbonyl (C=O) groups excluding carboxylic acids is 2. The molecule has 0 radical (unpaired) electrons. The number of esters is 2. The molecule has 0 spiro atoms. The van der Waals surface area contributed by atoms with Crippen molar-refractivity contribution in [3.8, 4) is 0 Å². The van der Waals surface area contributed by atoms with Gasteiger partial charge in [0.15, 0.2) is 5.76 Å². The number of ether oxygens (including phenoxy) is 2. The third-order valence-corrected chi connectivity index (χ3v) is 3.35. The van der Waals surface area contributed by atoms with Crippen LogP contribution in [0.1, 0.15) is 13.3 Å². The Hall–Kier alpha value is -1.59. The van der Waals surface area contributed by atoms with Crippen LogP contribution >= 0.6 is 23.5 Å². The molecule has 6 nitrogen and oxygen atoms in total. The van der Waals surface area contributed by atoms with Gasteiger partial charge >= 0.3 is 11.9 Å². The Labute approximate surface area is 138 Å². The second kappa shape index (κ2) is 12.0. The van der Waals surface area contributed by atoms with Gasteiger partial charge in [0.2, 0.25) is 0 Å². The molecule has 0 aromatic heterocycles. The van der Waals surface area contributed by atoms with Gasteiger partial charge < -0.3 is 14.6 Å². The molecule has 0 heterocycles. The lowest BCUT2D eigenvalue weighted by molar-refractivity contribution is -0.140. The summed E-state index contributed by atoms with van der Waals surface area (Å²) in [6, 6.07) is 0. The standard InChI is InChI=1S/C14H19NO5S2/c1-5-19-14(18)10(15-2)8-12(11(16)9-22-4)20-13(17)6-7-21-3/h8,16H,5-7,9H2,1,3-4H3/b10-8-,12-11-. The fraction of sp³-hybridized carbons (Fsp3) is 0.500. The molecule has 8 heteroatoms. The zero-order valence-corrected chi connectivity index (χ0v) is 14.4. The number of aliphatic hydroxyl groups is 1. The molecule has 0 saturated carbocycles. The summed E-state index contributed by atoms with van der Waals surface area (Å²) in [6.45, 7) is 8.74. The van der Waals surface area contributed by atoms with Crippen LogP contribution in [0.5, 0.6) is 0 Å². The van der Waals surface area contributed by atoms with Crippen molar-refractivity contribution in [3.05, 3.63) is 34.7 Å². The minimum absolute atomic E-state index is 0.120. The summed E-state index contributed by atoms with van der Waals surface area (Å²) in [4.78, 5) is 26.3. The summed E-state index contributed by atoms with van der Waals surface area (Å²) in [5, 5.41) is 9.92. The van der Waals surface area contributed by atoms with Gasteiger partial charge in [0.05, 0.1) is 25.4 Å². The molecule has 0 fully saturated rings. The molecule has 0 aromatic carbocycles. The van der Waals surface area contributed by atoms with Crippen molar-refractivity contribution in [2.45, 2.75) is 13.3 Å². The van der Waals surface area contributed by atoms with Crippen LogP contribution in [-0.2, 0) is 19.1 Å². The van der Waals surface area contributed by atoms with Crippen molar-refractivity contribution in [1.82, 2.24) is 0 Å². The molecule has 0 aromatic rings. The maximum Gasteiger partial charge on any atom is 0.336 e. The van der Waals surface area contributed by atoms with Crippen molar-refractivity contribution in [2.75, 3.05) is 30.6 Å². The Balaban J connectivity index is 5.33. The Bertz CT molecular complexity index is 494. The lowest BCUT2D eigenvalue weighted by atomic mass is 10.3. The number of hydrogen-bond donors (Lipinski definition) is 1. The van der Waals surface area contributed by atoms with Crippen molar-refractivity contribution in [1.29, 1.82) is 0 Å². The van der Waals surface area contributed by atoms with E-state index in [-0.39, 0.29) is 36.0 Å². The Kier molecular flexibility index (Phi) is 11.1. The normalized spacial score (nSPS) is 12.2. The highest BCUT2D eigenvalue weighted by Gasteiger charge is 2.16. The molecular weight excluding hydrogens is 326 g/mol. The maximum absolute atomic E-state index is 11.7. The summed E-state index contributed by atoms with van der Waals surface area (Å²) >= 11 is 2.79. The van der Waals surface area contributed by atoms with Crippen molar-refractivity contribution in [3.63, 3.8) is 0 Å². The van der Waals surface area contributed by atoms with E-state index in [1.807, 2.05) is 6.26 Å². The number of aliphatic hydroxyl groups excluding tert-OH is 1. The van der Waals surface area contributed by atoms with Crippen LogP contribution in [0.2, 0.25) is 0 Å². The van der Waals surface area contributed by atoms with Gasteiger partial charge in [0.1, 0.15) is 5.76 Å². The highest BCUT2D eigenvalue weighted by atomic mass is 32.2. The first kappa shape index (κ1) is 20.4. The summed E-state index contributed by atoms with van der Waals surface area (Å²) in [5.74, 6) is -1.01. The smallest absolute Gasteiger partial charge is 0.336 e. The lowest BCUT2D eigenvalue weighted by Crippen LogP contribution is -2.10. The first-order valence-corrected chi connectivity index (χ1v) is 9.15. The molecule has 0 atom stereocenters. The van der Waals surface area contributed by atoms with E-state index < -0.39 is 11.9 Å². The summed E-state index contributed by atoms with van der Waals surface area (Å²) < 4.78 is 9.80. The lowest BCUT2D eigenvalue weighted by Gasteiger charge is -2.08. The zero-order chi connectivity index (χ0) is 17.0. The van der Waals surface area contributed by atoms with Crippen LogP contribution in [0.25, 0.3) is 4.85 Å². The van der Waals surface area contributed by atoms with Gasteiger partial charge in [-0.15, -0.1) is 0 Å². The van der Waals surface area contributed by atoms with E-state index in [0.29, 0.717) is 5.75 Å². The predicted octanol–water partition coefficient (Wildman–Crippen LogP) is 2.78. The summed E-state index contributed by atoms with van der Waals surface area (Å²) in [6.07, 6.45) is 4.81. The van der Waals surface area contributed by atoms with Gasteiger partial charge in [-0.1, -0.05) is 0 Å². The largest absolute Gasteiger partial charge is 0.508 e. The molecule has 0 aliphatic heterocycles. The molecule has 0 aliphatic carbocycles. The van der Waals surface area contributed by atoms with Gasteiger partial charge in [0.25, 0.3) is 5.70 Å². The average Bonchev–Trinajstić information content (AvgIpc) is 2.49. The van der Waals surface area contributed by atoms with E-state index in [1.165, 1.54) is 23.5 Å². The van der Waals surface area contributed by atoms with E-state index in [2.05, 4.69) is 4.85 Å². The van der Waals surface area contributed by atoms with Gasteiger partial charge in [-0.05, 0) is 25.5 Å². The number of nitrogens with zero attached hydrogens (tertiary/aromatic N) is 1. The molecule has 1 N–H and O–H groups in total. The zero-order valence-electron chi connectivity index (χ0n) is 12.7. The predicted molar refractivity (Wildman–Crippen MR) is 88.4 cm³/mol. The molecule has 0 bridgehead atoms. The molecule has 0 amide bonds. The van der Waals surface area contributed by atoms with E-state index in [9.17, 15) is 14.7 Å². The molecular formula is C14H19NO5S2. The van der Waals surface area contributed by atoms with Gasteiger partial charge in [-0.2, -0.15) is 23.5 Å². The second-order valence-corrected chi connectivity index (χ2v) is 5.67. The third kappa shape index (κ3) is 8.00. The van der Waals surface area contributed by atoms with Crippen LogP contribution in [0.3, 0.4) is 0 Å². The molecule has 0 rings (SSSR count).